The van der Waals surface area contributed by atoms with Gasteiger partial charge in [-0.05, 0) is 49.2 Å². The van der Waals surface area contributed by atoms with Crippen molar-refractivity contribution in [3.05, 3.63) is 100 Å². The lowest BCUT2D eigenvalue weighted by molar-refractivity contribution is 0.0649. The lowest BCUT2D eigenvalue weighted by Crippen LogP contribution is -2.31. The molecule has 1 heterocycles. The van der Waals surface area contributed by atoms with Crippen LogP contribution in [0.1, 0.15) is 54.2 Å². The Labute approximate surface area is 198 Å². The van der Waals surface area contributed by atoms with Crippen molar-refractivity contribution < 1.29 is 14.4 Å². The highest BCUT2D eigenvalue weighted by Gasteiger charge is 2.34. The fraction of sp³-hybridized carbons (Fsp3) is 0.179. The SMILES string of the molecule is Cc1cccc(C)c1SCC#Cc1cccc(C(=O)CCN2C(=O)c3ccccc3C2=O)c1. The number of carbonyl (C=O) groups excluding carboxylic acids is 3. The largest absolute Gasteiger partial charge is 0.294 e. The Balaban J connectivity index is 1.36. The second-order valence-electron chi connectivity index (χ2n) is 7.87. The Hall–Kier alpha value is -3.62. The summed E-state index contributed by atoms with van der Waals surface area (Å²) in [6.07, 6.45) is 0.0742. The van der Waals surface area contributed by atoms with Crippen molar-refractivity contribution in [3.8, 4) is 11.8 Å². The molecule has 0 saturated carbocycles. The average Bonchev–Trinajstić information content (AvgIpc) is 3.06. The first-order valence-electron chi connectivity index (χ1n) is 10.7. The maximum atomic E-state index is 12.7. The normalized spacial score (nSPS) is 12.4. The number of rotatable bonds is 6. The van der Waals surface area contributed by atoms with E-state index in [0.717, 1.165) is 10.5 Å². The minimum absolute atomic E-state index is 0.0630. The quantitative estimate of drug-likeness (QED) is 0.220. The Bertz CT molecular complexity index is 1260. The van der Waals surface area contributed by atoms with Gasteiger partial charge in [0, 0.05) is 29.0 Å². The van der Waals surface area contributed by atoms with Crippen LogP contribution >= 0.6 is 11.8 Å². The molecule has 1 aliphatic rings. The fourth-order valence-electron chi connectivity index (χ4n) is 3.84. The molecule has 3 aromatic carbocycles. The number of Topliss-reactive ketones (excluding diaryl/α,β-unsaturated/α-hetero) is 1. The number of thioether (sulfide) groups is 1. The van der Waals surface area contributed by atoms with Gasteiger partial charge in [0.05, 0.1) is 16.9 Å². The summed E-state index contributed by atoms with van der Waals surface area (Å²) in [5.74, 6) is 6.15. The van der Waals surface area contributed by atoms with Gasteiger partial charge in [0.2, 0.25) is 0 Å². The van der Waals surface area contributed by atoms with Crippen LogP contribution in [0.2, 0.25) is 0 Å². The number of hydrogen-bond acceptors (Lipinski definition) is 4. The standard InChI is InChI=1S/C28H23NO3S/c1-19-8-5-9-20(2)26(19)33-17-7-11-21-10-6-12-22(18-21)25(30)15-16-29-27(31)23-13-3-4-14-24(23)28(29)32/h3-6,8-10,12-14,18H,15-17H2,1-2H3. The molecule has 5 heteroatoms. The number of benzene rings is 3. The second-order valence-corrected chi connectivity index (χ2v) is 8.86. The van der Waals surface area contributed by atoms with Gasteiger partial charge in [-0.15, -0.1) is 11.8 Å². The van der Waals surface area contributed by atoms with E-state index in [9.17, 15) is 14.4 Å². The molecule has 0 atom stereocenters. The maximum Gasteiger partial charge on any atom is 0.261 e. The molecule has 0 bridgehead atoms. The van der Waals surface area contributed by atoms with Crippen LogP contribution in [0.3, 0.4) is 0 Å². The average molecular weight is 454 g/mol. The molecule has 2 amide bonds. The first-order valence-corrected chi connectivity index (χ1v) is 11.7. The van der Waals surface area contributed by atoms with Crippen LogP contribution in [0.15, 0.2) is 71.6 Å². The fourth-order valence-corrected chi connectivity index (χ4v) is 4.72. The van der Waals surface area contributed by atoms with E-state index < -0.39 is 0 Å². The molecule has 4 nitrogen and oxygen atoms in total. The third-order valence-corrected chi connectivity index (χ3v) is 6.78. The molecular formula is C28H23NO3S. The molecule has 0 aliphatic carbocycles. The van der Waals surface area contributed by atoms with Crippen LogP contribution < -0.4 is 0 Å². The van der Waals surface area contributed by atoms with Crippen molar-refractivity contribution in [2.45, 2.75) is 25.2 Å². The number of nitrogens with zero attached hydrogens (tertiary/aromatic N) is 1. The second kappa shape index (κ2) is 9.89. The van der Waals surface area contributed by atoms with Gasteiger partial charge in [0.15, 0.2) is 5.78 Å². The monoisotopic (exact) mass is 453 g/mol. The molecule has 1 aliphatic heterocycles. The van der Waals surface area contributed by atoms with Gasteiger partial charge in [0.25, 0.3) is 11.8 Å². The molecule has 0 unspecified atom stereocenters. The predicted molar refractivity (Wildman–Crippen MR) is 131 cm³/mol. The summed E-state index contributed by atoms with van der Waals surface area (Å²) in [6.45, 7) is 4.26. The first kappa shape index (κ1) is 22.6. The van der Waals surface area contributed by atoms with Crippen LogP contribution in [0.25, 0.3) is 0 Å². The van der Waals surface area contributed by atoms with Gasteiger partial charge in [-0.1, -0.05) is 54.3 Å². The molecule has 0 N–H and O–H groups in total. The molecule has 3 aromatic rings. The number of ketones is 1. The topological polar surface area (TPSA) is 54.5 Å². The smallest absolute Gasteiger partial charge is 0.261 e. The number of aryl methyl sites for hydroxylation is 2. The third-order valence-electron chi connectivity index (χ3n) is 5.56. The zero-order valence-corrected chi connectivity index (χ0v) is 19.4. The van der Waals surface area contributed by atoms with Crippen LogP contribution in [-0.4, -0.2) is 34.8 Å². The van der Waals surface area contributed by atoms with E-state index in [-0.39, 0.29) is 30.6 Å². The van der Waals surface area contributed by atoms with E-state index in [4.69, 9.17) is 0 Å². The van der Waals surface area contributed by atoms with Crippen molar-refractivity contribution in [1.29, 1.82) is 0 Å². The molecule has 0 fully saturated rings. The van der Waals surface area contributed by atoms with Crippen LogP contribution in [0.4, 0.5) is 0 Å². The van der Waals surface area contributed by atoms with E-state index in [0.29, 0.717) is 22.4 Å². The summed E-state index contributed by atoms with van der Waals surface area (Å²) >= 11 is 1.71. The number of fused-ring (bicyclic) bond motifs is 1. The summed E-state index contributed by atoms with van der Waals surface area (Å²) in [5.41, 5.74) is 4.57. The van der Waals surface area contributed by atoms with Crippen molar-refractivity contribution in [1.82, 2.24) is 4.90 Å². The van der Waals surface area contributed by atoms with Gasteiger partial charge in [-0.25, -0.2) is 0 Å². The Morgan fingerprint density at radius 3 is 2.18 bits per heavy atom. The molecule has 33 heavy (non-hydrogen) atoms. The highest BCUT2D eigenvalue weighted by molar-refractivity contribution is 7.99. The van der Waals surface area contributed by atoms with Crippen LogP contribution in [-0.2, 0) is 0 Å². The van der Waals surface area contributed by atoms with Crippen molar-refractivity contribution in [3.63, 3.8) is 0 Å². The summed E-state index contributed by atoms with van der Waals surface area (Å²) < 4.78 is 0. The first-order chi connectivity index (χ1) is 16.0. The number of carbonyl (C=O) groups is 3. The molecule has 0 saturated heterocycles. The van der Waals surface area contributed by atoms with Gasteiger partial charge < -0.3 is 0 Å². The summed E-state index contributed by atoms with van der Waals surface area (Å²) in [5, 5.41) is 0. The van der Waals surface area contributed by atoms with Gasteiger partial charge in [0.1, 0.15) is 0 Å². The maximum absolute atomic E-state index is 12.7. The van der Waals surface area contributed by atoms with Gasteiger partial charge in [-0.3, -0.25) is 19.3 Å². The van der Waals surface area contributed by atoms with Gasteiger partial charge >= 0.3 is 0 Å². The molecule has 0 spiro atoms. The summed E-state index contributed by atoms with van der Waals surface area (Å²) in [6, 6.07) is 20.2. The Morgan fingerprint density at radius 1 is 0.879 bits per heavy atom. The highest BCUT2D eigenvalue weighted by atomic mass is 32.2. The summed E-state index contributed by atoms with van der Waals surface area (Å²) in [7, 11) is 0. The van der Waals surface area contributed by atoms with Crippen LogP contribution in [0, 0.1) is 25.7 Å². The molecule has 0 radical (unpaired) electrons. The molecule has 0 aromatic heterocycles. The lowest BCUT2D eigenvalue weighted by Gasteiger charge is -2.13. The number of amides is 2. The highest BCUT2D eigenvalue weighted by Crippen LogP contribution is 2.26. The van der Waals surface area contributed by atoms with Gasteiger partial charge in [-0.2, -0.15) is 0 Å². The van der Waals surface area contributed by atoms with E-state index in [1.54, 1.807) is 54.2 Å². The Morgan fingerprint density at radius 2 is 1.52 bits per heavy atom. The van der Waals surface area contributed by atoms with Crippen molar-refractivity contribution in [2.24, 2.45) is 0 Å². The molecule has 164 valence electrons. The van der Waals surface area contributed by atoms with Crippen LogP contribution in [0.5, 0.6) is 0 Å². The third kappa shape index (κ3) is 4.92. The lowest BCUT2D eigenvalue weighted by atomic mass is 10.1. The van der Waals surface area contributed by atoms with E-state index in [1.807, 2.05) is 6.07 Å². The zero-order valence-electron chi connectivity index (χ0n) is 18.6. The van der Waals surface area contributed by atoms with E-state index in [2.05, 4.69) is 43.9 Å². The number of imide groups is 1. The van der Waals surface area contributed by atoms with E-state index in [1.165, 1.54) is 16.0 Å². The van der Waals surface area contributed by atoms with Crippen molar-refractivity contribution in [2.75, 3.05) is 12.3 Å². The molecule has 4 rings (SSSR count). The number of hydrogen-bond donors (Lipinski definition) is 0. The predicted octanol–water partition coefficient (Wildman–Crippen LogP) is 5.32. The summed E-state index contributed by atoms with van der Waals surface area (Å²) in [4.78, 5) is 40.1. The Kier molecular flexibility index (Phi) is 6.76. The zero-order chi connectivity index (χ0) is 23.4. The van der Waals surface area contributed by atoms with Crippen molar-refractivity contribution >= 4 is 29.4 Å². The minimum atomic E-state index is -0.343. The van der Waals surface area contributed by atoms with E-state index >= 15 is 0 Å². The molecular weight excluding hydrogens is 430 g/mol. The minimum Gasteiger partial charge on any atom is -0.294 e.